The number of nitrogens with one attached hydrogen (secondary N) is 1. The molecule has 1 atom stereocenters. The SMILES string of the molecule is CCCNC(=O)C(Cc1ccccc1)N(Cc1ccc(Cl)cc1Cl)C(=O)CN(c1cccc(C)c1)S(C)(=O)=O. The summed E-state index contributed by atoms with van der Waals surface area (Å²) < 4.78 is 26.7. The summed E-state index contributed by atoms with van der Waals surface area (Å²) in [5.41, 5.74) is 2.65. The molecule has 0 aliphatic rings. The maximum atomic E-state index is 14.0. The van der Waals surface area contributed by atoms with Gasteiger partial charge in [-0.1, -0.05) is 78.7 Å². The van der Waals surface area contributed by atoms with Gasteiger partial charge in [-0.2, -0.15) is 0 Å². The molecule has 3 aromatic rings. The second kappa shape index (κ2) is 13.8. The van der Waals surface area contributed by atoms with Gasteiger partial charge >= 0.3 is 0 Å². The first-order valence-corrected chi connectivity index (χ1v) is 15.2. The molecule has 0 saturated heterocycles. The number of benzene rings is 3. The fourth-order valence-corrected chi connectivity index (χ4v) is 5.46. The molecule has 0 aliphatic carbocycles. The van der Waals surface area contributed by atoms with E-state index in [1.807, 2.05) is 50.2 Å². The molecule has 0 radical (unpaired) electrons. The second-order valence-corrected chi connectivity index (χ2v) is 12.1. The van der Waals surface area contributed by atoms with E-state index in [9.17, 15) is 18.0 Å². The van der Waals surface area contributed by atoms with Crippen LogP contribution in [0.2, 0.25) is 10.0 Å². The number of nitrogens with zero attached hydrogens (tertiary/aromatic N) is 2. The van der Waals surface area contributed by atoms with Crippen LogP contribution in [0.1, 0.15) is 30.0 Å². The van der Waals surface area contributed by atoms with Gasteiger partial charge in [0.15, 0.2) is 0 Å². The van der Waals surface area contributed by atoms with Crippen LogP contribution in [0.3, 0.4) is 0 Å². The van der Waals surface area contributed by atoms with E-state index < -0.39 is 28.5 Å². The normalized spacial score (nSPS) is 12.0. The van der Waals surface area contributed by atoms with Gasteiger partial charge in [0.1, 0.15) is 12.6 Å². The van der Waals surface area contributed by atoms with Crippen molar-refractivity contribution in [3.8, 4) is 0 Å². The van der Waals surface area contributed by atoms with Crippen molar-refractivity contribution in [2.24, 2.45) is 0 Å². The third kappa shape index (κ3) is 8.71. The van der Waals surface area contributed by atoms with Crippen molar-refractivity contribution in [1.82, 2.24) is 10.2 Å². The van der Waals surface area contributed by atoms with E-state index in [4.69, 9.17) is 23.2 Å². The summed E-state index contributed by atoms with van der Waals surface area (Å²) in [6.45, 7) is 3.72. The topological polar surface area (TPSA) is 86.8 Å². The second-order valence-electron chi connectivity index (χ2n) is 9.36. The number of carbonyl (C=O) groups is 2. The van der Waals surface area contributed by atoms with Gasteiger partial charge in [-0.25, -0.2) is 8.42 Å². The predicted octanol–water partition coefficient (Wildman–Crippen LogP) is 5.23. The maximum Gasteiger partial charge on any atom is 0.244 e. The van der Waals surface area contributed by atoms with Crippen LogP contribution in [0.4, 0.5) is 5.69 Å². The minimum atomic E-state index is -3.83. The van der Waals surface area contributed by atoms with Crippen LogP contribution >= 0.6 is 23.2 Å². The van der Waals surface area contributed by atoms with E-state index in [1.54, 1.807) is 36.4 Å². The van der Waals surface area contributed by atoms with Crippen molar-refractivity contribution < 1.29 is 18.0 Å². The molecule has 39 heavy (non-hydrogen) atoms. The van der Waals surface area contributed by atoms with Crippen molar-refractivity contribution in [2.45, 2.75) is 39.3 Å². The summed E-state index contributed by atoms with van der Waals surface area (Å²) in [6, 6.07) is 20.3. The fourth-order valence-electron chi connectivity index (χ4n) is 4.15. The number of carbonyl (C=O) groups excluding carboxylic acids is 2. The molecule has 0 aliphatic heterocycles. The van der Waals surface area contributed by atoms with Gasteiger partial charge in [-0.05, 0) is 54.3 Å². The van der Waals surface area contributed by atoms with Crippen LogP contribution in [0.15, 0.2) is 72.8 Å². The molecule has 0 spiro atoms. The van der Waals surface area contributed by atoms with Gasteiger partial charge in [0.05, 0.1) is 11.9 Å². The Bertz CT molecular complexity index is 1400. The van der Waals surface area contributed by atoms with Crippen molar-refractivity contribution in [3.63, 3.8) is 0 Å². The Morgan fingerprint density at radius 1 is 0.974 bits per heavy atom. The average Bonchev–Trinajstić information content (AvgIpc) is 2.88. The van der Waals surface area contributed by atoms with Gasteiger partial charge < -0.3 is 10.2 Å². The summed E-state index contributed by atoms with van der Waals surface area (Å²) in [4.78, 5) is 28.9. The lowest BCUT2D eigenvalue weighted by Crippen LogP contribution is -2.53. The highest BCUT2D eigenvalue weighted by atomic mass is 35.5. The Morgan fingerprint density at radius 3 is 2.31 bits per heavy atom. The molecule has 3 rings (SSSR count). The monoisotopic (exact) mass is 589 g/mol. The molecule has 0 fully saturated rings. The van der Waals surface area contributed by atoms with E-state index in [0.29, 0.717) is 27.8 Å². The highest BCUT2D eigenvalue weighted by Gasteiger charge is 2.33. The third-order valence-corrected chi connectivity index (χ3v) is 7.87. The lowest BCUT2D eigenvalue weighted by atomic mass is 10.0. The van der Waals surface area contributed by atoms with Gasteiger partial charge in [-0.15, -0.1) is 0 Å². The van der Waals surface area contributed by atoms with Crippen molar-refractivity contribution in [2.75, 3.05) is 23.7 Å². The minimum absolute atomic E-state index is 0.0166. The van der Waals surface area contributed by atoms with Crippen LogP contribution in [0.25, 0.3) is 0 Å². The molecular weight excluding hydrogens is 557 g/mol. The summed E-state index contributed by atoms with van der Waals surface area (Å²) in [5, 5.41) is 3.68. The largest absolute Gasteiger partial charge is 0.354 e. The predicted molar refractivity (Wildman–Crippen MR) is 158 cm³/mol. The number of hydrogen-bond donors (Lipinski definition) is 1. The first kappa shape index (κ1) is 30.5. The van der Waals surface area contributed by atoms with E-state index in [2.05, 4.69) is 5.32 Å². The first-order valence-electron chi connectivity index (χ1n) is 12.6. The van der Waals surface area contributed by atoms with Crippen molar-refractivity contribution in [3.05, 3.63) is 99.5 Å². The molecule has 7 nitrogen and oxygen atoms in total. The molecule has 3 aromatic carbocycles. The molecule has 0 aromatic heterocycles. The number of anilines is 1. The molecular formula is C29H33Cl2N3O4S. The smallest absolute Gasteiger partial charge is 0.244 e. The molecule has 1 unspecified atom stereocenters. The number of halogens is 2. The first-order chi connectivity index (χ1) is 18.5. The summed E-state index contributed by atoms with van der Waals surface area (Å²) in [7, 11) is -3.83. The zero-order valence-electron chi connectivity index (χ0n) is 22.2. The Hall–Kier alpha value is -3.07. The van der Waals surface area contributed by atoms with Gasteiger partial charge in [0.2, 0.25) is 21.8 Å². The highest BCUT2D eigenvalue weighted by Crippen LogP contribution is 2.25. The number of aryl methyl sites for hydroxylation is 1. The molecule has 0 saturated carbocycles. The van der Waals surface area contributed by atoms with Gasteiger partial charge in [0, 0.05) is 29.6 Å². The van der Waals surface area contributed by atoms with E-state index in [0.717, 1.165) is 28.1 Å². The summed E-state index contributed by atoms with van der Waals surface area (Å²) >= 11 is 12.6. The van der Waals surface area contributed by atoms with E-state index in [1.165, 1.54) is 4.90 Å². The quantitative estimate of drug-likeness (QED) is 0.313. The fraction of sp³-hybridized carbons (Fsp3) is 0.310. The molecule has 10 heteroatoms. The summed E-state index contributed by atoms with van der Waals surface area (Å²) in [5.74, 6) is -0.874. The lowest BCUT2D eigenvalue weighted by Gasteiger charge is -2.33. The van der Waals surface area contributed by atoms with Crippen LogP contribution < -0.4 is 9.62 Å². The van der Waals surface area contributed by atoms with Crippen LogP contribution in [0, 0.1) is 6.92 Å². The molecule has 208 valence electrons. The van der Waals surface area contributed by atoms with E-state index in [-0.39, 0.29) is 18.9 Å². The van der Waals surface area contributed by atoms with Crippen LogP contribution in [0.5, 0.6) is 0 Å². The number of hydrogen-bond acceptors (Lipinski definition) is 4. The molecule has 0 bridgehead atoms. The molecule has 1 N–H and O–H groups in total. The third-order valence-electron chi connectivity index (χ3n) is 6.14. The summed E-state index contributed by atoms with van der Waals surface area (Å²) in [6.07, 6.45) is 2.01. The van der Waals surface area contributed by atoms with Gasteiger partial charge in [-0.3, -0.25) is 13.9 Å². The maximum absolute atomic E-state index is 14.0. The van der Waals surface area contributed by atoms with Gasteiger partial charge in [0.25, 0.3) is 0 Å². The van der Waals surface area contributed by atoms with Crippen molar-refractivity contribution >= 4 is 50.7 Å². The average molecular weight is 591 g/mol. The Balaban J connectivity index is 2.07. The molecule has 0 heterocycles. The zero-order valence-corrected chi connectivity index (χ0v) is 24.6. The molecule has 2 amide bonds. The van der Waals surface area contributed by atoms with Crippen LogP contribution in [-0.2, 0) is 32.6 Å². The Labute approximate surface area is 240 Å². The standard InChI is InChI=1S/C29H33Cl2N3O4S/c1-4-15-32-29(36)27(17-22-10-6-5-7-11-22)33(19-23-13-14-24(30)18-26(23)31)28(35)20-34(39(3,37)38)25-12-8-9-21(2)16-25/h5-14,16,18,27H,4,15,17,19-20H2,1-3H3,(H,32,36). The number of amides is 2. The van der Waals surface area contributed by atoms with E-state index >= 15 is 0 Å². The van der Waals surface area contributed by atoms with Crippen LogP contribution in [-0.4, -0.2) is 50.5 Å². The highest BCUT2D eigenvalue weighted by molar-refractivity contribution is 7.92. The lowest BCUT2D eigenvalue weighted by molar-refractivity contribution is -0.140. The zero-order chi connectivity index (χ0) is 28.6. The number of sulfonamides is 1. The Kier molecular flexibility index (Phi) is 10.8. The van der Waals surface area contributed by atoms with Crippen molar-refractivity contribution in [1.29, 1.82) is 0 Å². The Morgan fingerprint density at radius 2 is 1.69 bits per heavy atom. The minimum Gasteiger partial charge on any atom is -0.354 e. The number of rotatable bonds is 12.